The normalized spacial score (nSPS) is 18.9. The van der Waals surface area contributed by atoms with E-state index in [2.05, 4.69) is 41.7 Å². The maximum absolute atomic E-state index is 12.3. The molecule has 4 nitrogen and oxygen atoms in total. The number of amides is 1. The molecule has 1 unspecified atom stereocenters. The number of piperazine rings is 1. The number of ether oxygens (including phenoxy) is 1. The minimum Gasteiger partial charge on any atom is -0.444 e. The lowest BCUT2D eigenvalue weighted by atomic mass is 9.97. The lowest BCUT2D eigenvalue weighted by Gasteiger charge is -2.35. The van der Waals surface area contributed by atoms with Gasteiger partial charge < -0.3 is 15.0 Å². The Labute approximate surface area is 137 Å². The Kier molecular flexibility index (Phi) is 4.26. The minimum absolute atomic E-state index is 0.127. The molecule has 0 radical (unpaired) electrons. The standard InChI is InChI=1S/C19H24N2O2/c1-19(2,3)23-18(22)21-12-11-20-17(13-21)16-10-6-8-14-7-4-5-9-15(14)16/h4-10,17,20H,11-13H2,1-3H3. The monoisotopic (exact) mass is 312 g/mol. The van der Waals surface area contributed by atoms with Crippen molar-refractivity contribution in [2.45, 2.75) is 32.4 Å². The van der Waals surface area contributed by atoms with Gasteiger partial charge in [0.2, 0.25) is 0 Å². The van der Waals surface area contributed by atoms with Crippen LogP contribution in [0.5, 0.6) is 0 Å². The van der Waals surface area contributed by atoms with E-state index in [1.165, 1.54) is 16.3 Å². The van der Waals surface area contributed by atoms with Crippen molar-refractivity contribution in [1.82, 2.24) is 10.2 Å². The molecule has 1 aliphatic heterocycles. The van der Waals surface area contributed by atoms with Crippen LogP contribution < -0.4 is 5.32 Å². The zero-order valence-corrected chi connectivity index (χ0v) is 14.0. The molecule has 1 atom stereocenters. The third-order valence-corrected chi connectivity index (χ3v) is 4.03. The van der Waals surface area contributed by atoms with Gasteiger partial charge in [-0.1, -0.05) is 42.5 Å². The average molecular weight is 312 g/mol. The summed E-state index contributed by atoms with van der Waals surface area (Å²) in [5, 5.41) is 5.98. The number of nitrogens with zero attached hydrogens (tertiary/aromatic N) is 1. The number of hydrogen-bond donors (Lipinski definition) is 1. The fraction of sp³-hybridized carbons (Fsp3) is 0.421. The molecule has 2 aromatic rings. The first kappa shape index (κ1) is 15.8. The minimum atomic E-state index is -0.461. The molecule has 1 fully saturated rings. The lowest BCUT2D eigenvalue weighted by Crippen LogP contribution is -2.49. The molecular weight excluding hydrogens is 288 g/mol. The summed E-state index contributed by atoms with van der Waals surface area (Å²) in [5.41, 5.74) is 0.771. The number of fused-ring (bicyclic) bond motifs is 1. The van der Waals surface area contributed by atoms with Crippen LogP contribution in [-0.2, 0) is 4.74 Å². The number of hydrogen-bond acceptors (Lipinski definition) is 3. The fourth-order valence-electron chi connectivity index (χ4n) is 3.00. The SMILES string of the molecule is CC(C)(C)OC(=O)N1CCNC(c2cccc3ccccc23)C1. The maximum Gasteiger partial charge on any atom is 0.410 e. The van der Waals surface area contributed by atoms with Gasteiger partial charge in [-0.15, -0.1) is 0 Å². The first-order chi connectivity index (χ1) is 10.9. The van der Waals surface area contributed by atoms with Crippen molar-refractivity contribution in [2.24, 2.45) is 0 Å². The van der Waals surface area contributed by atoms with Crippen LogP contribution in [0.4, 0.5) is 4.79 Å². The van der Waals surface area contributed by atoms with Crippen molar-refractivity contribution in [3.8, 4) is 0 Å². The van der Waals surface area contributed by atoms with E-state index in [9.17, 15) is 4.79 Å². The number of carbonyl (C=O) groups is 1. The summed E-state index contributed by atoms with van der Waals surface area (Å²) in [7, 11) is 0. The molecule has 1 amide bonds. The largest absolute Gasteiger partial charge is 0.444 e. The Morgan fingerprint density at radius 1 is 1.17 bits per heavy atom. The van der Waals surface area contributed by atoms with E-state index in [4.69, 9.17) is 4.74 Å². The third kappa shape index (κ3) is 3.64. The highest BCUT2D eigenvalue weighted by molar-refractivity contribution is 5.86. The topological polar surface area (TPSA) is 41.6 Å². The number of carbonyl (C=O) groups excluding carboxylic acids is 1. The second-order valence-corrected chi connectivity index (χ2v) is 7.00. The molecular formula is C19H24N2O2. The van der Waals surface area contributed by atoms with Crippen molar-refractivity contribution in [1.29, 1.82) is 0 Å². The van der Waals surface area contributed by atoms with E-state index in [1.54, 1.807) is 4.90 Å². The molecule has 4 heteroatoms. The molecule has 0 saturated carbocycles. The van der Waals surface area contributed by atoms with E-state index >= 15 is 0 Å². The van der Waals surface area contributed by atoms with E-state index in [0.29, 0.717) is 13.1 Å². The van der Waals surface area contributed by atoms with Crippen LogP contribution >= 0.6 is 0 Å². The lowest BCUT2D eigenvalue weighted by molar-refractivity contribution is 0.0195. The Bertz CT molecular complexity index is 701. The molecule has 2 aromatic carbocycles. The third-order valence-electron chi connectivity index (χ3n) is 4.03. The maximum atomic E-state index is 12.3. The predicted molar refractivity (Wildman–Crippen MR) is 92.5 cm³/mol. The molecule has 0 bridgehead atoms. The summed E-state index contributed by atoms with van der Waals surface area (Å²) in [6, 6.07) is 14.8. The van der Waals surface area contributed by atoms with Gasteiger partial charge in [0.15, 0.2) is 0 Å². The molecule has 0 aliphatic carbocycles. The van der Waals surface area contributed by atoms with Crippen LogP contribution in [0.25, 0.3) is 10.8 Å². The second-order valence-electron chi connectivity index (χ2n) is 7.00. The molecule has 0 spiro atoms. The summed E-state index contributed by atoms with van der Waals surface area (Å²) in [4.78, 5) is 14.1. The van der Waals surface area contributed by atoms with Gasteiger partial charge in [0.05, 0.1) is 6.04 Å². The first-order valence-corrected chi connectivity index (χ1v) is 8.13. The van der Waals surface area contributed by atoms with Gasteiger partial charge in [0.1, 0.15) is 5.60 Å². The van der Waals surface area contributed by atoms with Crippen LogP contribution in [0.15, 0.2) is 42.5 Å². The highest BCUT2D eigenvalue weighted by Gasteiger charge is 2.28. The van der Waals surface area contributed by atoms with E-state index in [-0.39, 0.29) is 12.1 Å². The van der Waals surface area contributed by atoms with Crippen LogP contribution in [-0.4, -0.2) is 36.2 Å². The van der Waals surface area contributed by atoms with Crippen molar-refractivity contribution in [3.63, 3.8) is 0 Å². The van der Waals surface area contributed by atoms with E-state index in [0.717, 1.165) is 6.54 Å². The summed E-state index contributed by atoms with van der Waals surface area (Å²) >= 11 is 0. The smallest absolute Gasteiger partial charge is 0.410 e. The predicted octanol–water partition coefficient (Wildman–Crippen LogP) is 3.72. The molecule has 1 saturated heterocycles. The van der Waals surface area contributed by atoms with Crippen molar-refractivity contribution in [3.05, 3.63) is 48.0 Å². The van der Waals surface area contributed by atoms with Crippen molar-refractivity contribution < 1.29 is 9.53 Å². The van der Waals surface area contributed by atoms with Crippen LogP contribution in [0.3, 0.4) is 0 Å². The fourth-order valence-corrected chi connectivity index (χ4v) is 3.00. The van der Waals surface area contributed by atoms with Crippen molar-refractivity contribution >= 4 is 16.9 Å². The van der Waals surface area contributed by atoms with Crippen LogP contribution in [0.1, 0.15) is 32.4 Å². The van der Waals surface area contributed by atoms with Gasteiger partial charge in [0.25, 0.3) is 0 Å². The zero-order valence-electron chi connectivity index (χ0n) is 14.0. The molecule has 3 rings (SSSR count). The van der Waals surface area contributed by atoms with Gasteiger partial charge in [-0.3, -0.25) is 0 Å². The number of benzene rings is 2. The zero-order chi connectivity index (χ0) is 16.4. The molecule has 1 heterocycles. The van der Waals surface area contributed by atoms with Crippen molar-refractivity contribution in [2.75, 3.05) is 19.6 Å². The van der Waals surface area contributed by atoms with Crippen LogP contribution in [0.2, 0.25) is 0 Å². The highest BCUT2D eigenvalue weighted by atomic mass is 16.6. The molecule has 0 aromatic heterocycles. The van der Waals surface area contributed by atoms with Gasteiger partial charge in [0, 0.05) is 19.6 Å². The van der Waals surface area contributed by atoms with Gasteiger partial charge in [-0.25, -0.2) is 4.79 Å². The summed E-state index contributed by atoms with van der Waals surface area (Å²) in [6.45, 7) is 7.77. The first-order valence-electron chi connectivity index (χ1n) is 8.13. The molecule has 23 heavy (non-hydrogen) atoms. The molecule has 122 valence electrons. The quantitative estimate of drug-likeness (QED) is 0.872. The second kappa shape index (κ2) is 6.20. The Morgan fingerprint density at radius 2 is 1.91 bits per heavy atom. The summed E-state index contributed by atoms with van der Waals surface area (Å²) < 4.78 is 5.51. The van der Waals surface area contributed by atoms with Crippen LogP contribution in [0, 0.1) is 0 Å². The highest BCUT2D eigenvalue weighted by Crippen LogP contribution is 2.26. The Morgan fingerprint density at radius 3 is 2.70 bits per heavy atom. The average Bonchev–Trinajstić information content (AvgIpc) is 2.53. The van der Waals surface area contributed by atoms with E-state index in [1.807, 2.05) is 26.8 Å². The van der Waals surface area contributed by atoms with Gasteiger partial charge >= 0.3 is 6.09 Å². The van der Waals surface area contributed by atoms with Gasteiger partial charge in [-0.05, 0) is 37.1 Å². The van der Waals surface area contributed by atoms with E-state index < -0.39 is 5.60 Å². The summed E-state index contributed by atoms with van der Waals surface area (Å²) in [5.74, 6) is 0. The molecule has 1 N–H and O–H groups in total. The number of nitrogens with one attached hydrogen (secondary N) is 1. The summed E-state index contributed by atoms with van der Waals surface area (Å²) in [6.07, 6.45) is -0.232. The Balaban J connectivity index is 1.82. The molecule has 1 aliphatic rings. The number of rotatable bonds is 1. The van der Waals surface area contributed by atoms with Gasteiger partial charge in [-0.2, -0.15) is 0 Å². The Hall–Kier alpha value is -2.07.